The van der Waals surface area contributed by atoms with Gasteiger partial charge in [-0.05, 0) is 19.1 Å². The number of pyridine rings is 1. The van der Waals surface area contributed by atoms with E-state index in [1.807, 2.05) is 19.1 Å². The first-order valence-corrected chi connectivity index (χ1v) is 6.40. The SMILES string of the molecule is COC(=O)c1sc2cccnc2c1NC[C@H](C)N. The van der Waals surface area contributed by atoms with Crippen molar-refractivity contribution in [2.45, 2.75) is 13.0 Å². The van der Waals surface area contributed by atoms with Crippen molar-refractivity contribution in [1.29, 1.82) is 0 Å². The molecule has 2 heterocycles. The van der Waals surface area contributed by atoms with Crippen molar-refractivity contribution in [3.8, 4) is 0 Å². The number of carbonyl (C=O) groups is 1. The number of hydrogen-bond donors (Lipinski definition) is 2. The molecule has 0 aliphatic rings. The number of fused-ring (bicyclic) bond motifs is 1. The number of methoxy groups -OCH3 is 1. The molecule has 0 aliphatic heterocycles. The second kappa shape index (κ2) is 5.32. The van der Waals surface area contributed by atoms with Crippen LogP contribution in [0.25, 0.3) is 10.2 Å². The summed E-state index contributed by atoms with van der Waals surface area (Å²) >= 11 is 1.37. The molecule has 0 fully saturated rings. The van der Waals surface area contributed by atoms with Crippen molar-refractivity contribution < 1.29 is 9.53 Å². The van der Waals surface area contributed by atoms with Crippen LogP contribution in [0, 0.1) is 0 Å². The third-order valence-corrected chi connectivity index (χ3v) is 3.54. The second-order valence-electron chi connectivity index (χ2n) is 4.01. The van der Waals surface area contributed by atoms with Crippen molar-refractivity contribution in [1.82, 2.24) is 4.98 Å². The third kappa shape index (κ3) is 2.44. The van der Waals surface area contributed by atoms with Gasteiger partial charge in [0, 0.05) is 18.8 Å². The van der Waals surface area contributed by atoms with Gasteiger partial charge in [0.2, 0.25) is 0 Å². The zero-order valence-electron chi connectivity index (χ0n) is 10.3. The van der Waals surface area contributed by atoms with Crippen LogP contribution in [0.2, 0.25) is 0 Å². The number of thiophene rings is 1. The number of nitrogens with two attached hydrogens (primary N) is 1. The number of nitrogens with zero attached hydrogens (tertiary/aromatic N) is 1. The van der Waals surface area contributed by atoms with E-state index in [4.69, 9.17) is 10.5 Å². The maximum Gasteiger partial charge on any atom is 0.350 e. The largest absolute Gasteiger partial charge is 0.465 e. The molecule has 0 unspecified atom stereocenters. The van der Waals surface area contributed by atoms with Crippen LogP contribution in [0.4, 0.5) is 5.69 Å². The number of ether oxygens (including phenoxy) is 1. The number of nitrogens with one attached hydrogen (secondary N) is 1. The van der Waals surface area contributed by atoms with Crippen LogP contribution in [-0.2, 0) is 4.74 Å². The van der Waals surface area contributed by atoms with Crippen LogP contribution in [-0.4, -0.2) is 30.6 Å². The summed E-state index contributed by atoms with van der Waals surface area (Å²) in [4.78, 5) is 16.6. The zero-order chi connectivity index (χ0) is 13.1. The lowest BCUT2D eigenvalue weighted by Gasteiger charge is -2.09. The first-order chi connectivity index (χ1) is 8.63. The average molecular weight is 265 g/mol. The summed E-state index contributed by atoms with van der Waals surface area (Å²) in [5.74, 6) is -0.356. The maximum absolute atomic E-state index is 11.7. The fourth-order valence-electron chi connectivity index (χ4n) is 1.59. The molecule has 1 atom stereocenters. The van der Waals surface area contributed by atoms with E-state index in [2.05, 4.69) is 10.3 Å². The van der Waals surface area contributed by atoms with Gasteiger partial charge in [0.1, 0.15) is 10.4 Å². The molecular formula is C12H15N3O2S. The van der Waals surface area contributed by atoms with Crippen molar-refractivity contribution in [3.63, 3.8) is 0 Å². The highest BCUT2D eigenvalue weighted by molar-refractivity contribution is 7.21. The molecule has 5 nitrogen and oxygen atoms in total. The lowest BCUT2D eigenvalue weighted by molar-refractivity contribution is 0.0607. The molecular weight excluding hydrogens is 250 g/mol. The zero-order valence-corrected chi connectivity index (χ0v) is 11.1. The fourth-order valence-corrected chi connectivity index (χ4v) is 2.65. The molecule has 0 amide bonds. The normalized spacial score (nSPS) is 12.4. The molecule has 0 aliphatic carbocycles. The summed E-state index contributed by atoms with van der Waals surface area (Å²) in [5.41, 5.74) is 7.21. The summed E-state index contributed by atoms with van der Waals surface area (Å²) in [7, 11) is 1.37. The van der Waals surface area contributed by atoms with E-state index in [1.165, 1.54) is 18.4 Å². The number of rotatable bonds is 4. The van der Waals surface area contributed by atoms with Gasteiger partial charge in [0.15, 0.2) is 0 Å². The molecule has 2 rings (SSSR count). The van der Waals surface area contributed by atoms with Crippen molar-refractivity contribution in [2.24, 2.45) is 5.73 Å². The number of hydrogen-bond acceptors (Lipinski definition) is 6. The van der Waals surface area contributed by atoms with Crippen molar-refractivity contribution in [3.05, 3.63) is 23.2 Å². The van der Waals surface area contributed by atoms with Gasteiger partial charge < -0.3 is 15.8 Å². The highest BCUT2D eigenvalue weighted by Crippen LogP contribution is 2.34. The Morgan fingerprint density at radius 2 is 2.44 bits per heavy atom. The third-order valence-electron chi connectivity index (χ3n) is 2.42. The fraction of sp³-hybridized carbons (Fsp3) is 0.333. The summed E-state index contributed by atoms with van der Waals surface area (Å²) in [6.07, 6.45) is 1.70. The molecule has 3 N–H and O–H groups in total. The number of esters is 1. The topological polar surface area (TPSA) is 77.2 Å². The maximum atomic E-state index is 11.7. The minimum Gasteiger partial charge on any atom is -0.465 e. The first kappa shape index (κ1) is 12.8. The minimum atomic E-state index is -0.356. The smallest absolute Gasteiger partial charge is 0.350 e. The summed E-state index contributed by atoms with van der Waals surface area (Å²) in [6, 6.07) is 3.76. The predicted octanol–water partition coefficient (Wildman–Crippen LogP) is 1.84. The Bertz CT molecular complexity index is 565. The minimum absolute atomic E-state index is 0.00541. The molecule has 96 valence electrons. The van der Waals surface area contributed by atoms with Gasteiger partial charge in [0.05, 0.1) is 17.5 Å². The molecule has 2 aromatic rings. The van der Waals surface area contributed by atoms with Gasteiger partial charge >= 0.3 is 5.97 Å². The molecule has 0 radical (unpaired) electrons. The van der Waals surface area contributed by atoms with Gasteiger partial charge in [-0.1, -0.05) is 0 Å². The van der Waals surface area contributed by atoms with E-state index in [0.717, 1.165) is 10.2 Å². The van der Waals surface area contributed by atoms with Gasteiger partial charge in [-0.3, -0.25) is 4.98 Å². The predicted molar refractivity (Wildman–Crippen MR) is 73.1 cm³/mol. The Balaban J connectivity index is 2.47. The Morgan fingerprint density at radius 1 is 1.67 bits per heavy atom. The Hall–Kier alpha value is -1.66. The molecule has 6 heteroatoms. The van der Waals surface area contributed by atoms with E-state index in [9.17, 15) is 4.79 Å². The van der Waals surface area contributed by atoms with E-state index >= 15 is 0 Å². The average Bonchev–Trinajstić information content (AvgIpc) is 2.74. The van der Waals surface area contributed by atoms with Gasteiger partial charge in [-0.15, -0.1) is 11.3 Å². The Labute approximate surface area is 109 Å². The second-order valence-corrected chi connectivity index (χ2v) is 5.06. The highest BCUT2D eigenvalue weighted by Gasteiger charge is 2.19. The standard InChI is InChI=1S/C12H15N3O2S/c1-7(13)6-15-10-9-8(4-3-5-14-9)18-11(10)12(16)17-2/h3-5,7,15H,6,13H2,1-2H3/t7-/m0/s1. The number of aromatic nitrogens is 1. The van der Waals surface area contributed by atoms with Crippen LogP contribution in [0.5, 0.6) is 0 Å². The number of carbonyl (C=O) groups excluding carboxylic acids is 1. The summed E-state index contributed by atoms with van der Waals surface area (Å²) in [6.45, 7) is 2.47. The highest BCUT2D eigenvalue weighted by atomic mass is 32.1. The van der Waals surface area contributed by atoms with Crippen molar-refractivity contribution >= 4 is 33.2 Å². The number of anilines is 1. The molecule has 2 aromatic heterocycles. The molecule has 18 heavy (non-hydrogen) atoms. The first-order valence-electron chi connectivity index (χ1n) is 5.58. The molecule has 0 aromatic carbocycles. The Kier molecular flexibility index (Phi) is 3.78. The quantitative estimate of drug-likeness (QED) is 0.825. The molecule has 0 bridgehead atoms. The lowest BCUT2D eigenvalue weighted by atomic mass is 10.3. The lowest BCUT2D eigenvalue weighted by Crippen LogP contribution is -2.25. The van der Waals surface area contributed by atoms with E-state index in [-0.39, 0.29) is 12.0 Å². The summed E-state index contributed by atoms with van der Waals surface area (Å²) in [5, 5.41) is 3.17. The summed E-state index contributed by atoms with van der Waals surface area (Å²) < 4.78 is 5.73. The van der Waals surface area contributed by atoms with Crippen LogP contribution < -0.4 is 11.1 Å². The Morgan fingerprint density at radius 3 is 3.11 bits per heavy atom. The van der Waals surface area contributed by atoms with E-state index in [1.54, 1.807) is 6.20 Å². The van der Waals surface area contributed by atoms with Crippen LogP contribution >= 0.6 is 11.3 Å². The van der Waals surface area contributed by atoms with E-state index < -0.39 is 0 Å². The van der Waals surface area contributed by atoms with Gasteiger partial charge in [0.25, 0.3) is 0 Å². The molecule has 0 saturated heterocycles. The van der Waals surface area contributed by atoms with Crippen molar-refractivity contribution in [2.75, 3.05) is 19.0 Å². The van der Waals surface area contributed by atoms with Crippen LogP contribution in [0.3, 0.4) is 0 Å². The van der Waals surface area contributed by atoms with E-state index in [0.29, 0.717) is 17.1 Å². The molecule has 0 saturated carbocycles. The molecule has 0 spiro atoms. The van der Waals surface area contributed by atoms with Crippen LogP contribution in [0.15, 0.2) is 18.3 Å². The van der Waals surface area contributed by atoms with Gasteiger partial charge in [-0.25, -0.2) is 4.79 Å². The van der Waals surface area contributed by atoms with Gasteiger partial charge in [-0.2, -0.15) is 0 Å². The monoisotopic (exact) mass is 265 g/mol. The van der Waals surface area contributed by atoms with Crippen LogP contribution in [0.1, 0.15) is 16.6 Å².